The highest BCUT2D eigenvalue weighted by molar-refractivity contribution is 9.10. The first-order valence-corrected chi connectivity index (χ1v) is 11.5. The fourth-order valence-electron chi connectivity index (χ4n) is 3.03. The van der Waals surface area contributed by atoms with Crippen LogP contribution in [0.25, 0.3) is 6.08 Å². The number of halogens is 9. The molecule has 1 unspecified atom stereocenters. The van der Waals surface area contributed by atoms with Crippen molar-refractivity contribution in [3.05, 3.63) is 73.7 Å². The van der Waals surface area contributed by atoms with Gasteiger partial charge in [0.25, 0.3) is 0 Å². The van der Waals surface area contributed by atoms with Crippen molar-refractivity contribution in [2.24, 2.45) is 5.92 Å². The van der Waals surface area contributed by atoms with Crippen LogP contribution < -0.4 is 5.32 Å². The molecule has 0 aromatic heterocycles. The van der Waals surface area contributed by atoms with Crippen molar-refractivity contribution in [2.45, 2.75) is 31.6 Å². The number of Topliss-reactive ketones (excluding diaryl/α,β-unsaturated/α-hetero) is 1. The van der Waals surface area contributed by atoms with Crippen molar-refractivity contribution in [2.75, 3.05) is 6.54 Å². The Morgan fingerprint density at radius 1 is 1.03 bits per heavy atom. The Morgan fingerprint density at radius 3 is 2.23 bits per heavy atom. The molecule has 0 bridgehead atoms. The number of carbonyl (C=O) groups is 2. The molecule has 3 nitrogen and oxygen atoms in total. The van der Waals surface area contributed by atoms with E-state index in [0.29, 0.717) is 5.56 Å². The lowest BCUT2D eigenvalue weighted by Gasteiger charge is -2.18. The Labute approximate surface area is 215 Å². The van der Waals surface area contributed by atoms with Crippen LogP contribution in [0.4, 0.5) is 26.3 Å². The lowest BCUT2D eigenvalue weighted by atomic mass is 9.96. The summed E-state index contributed by atoms with van der Waals surface area (Å²) in [5, 5.41) is 1.82. The first-order valence-electron chi connectivity index (χ1n) is 9.95. The van der Waals surface area contributed by atoms with Gasteiger partial charge in [-0.05, 0) is 35.4 Å². The third-order valence-corrected chi connectivity index (χ3v) is 6.23. The number of hydrogen-bond acceptors (Lipinski definition) is 2. The average molecular weight is 605 g/mol. The summed E-state index contributed by atoms with van der Waals surface area (Å²) < 4.78 is 77.8. The summed E-state index contributed by atoms with van der Waals surface area (Å²) in [6.45, 7) is -0.189. The van der Waals surface area contributed by atoms with Gasteiger partial charge < -0.3 is 5.32 Å². The van der Waals surface area contributed by atoms with Crippen LogP contribution in [-0.4, -0.2) is 30.6 Å². The maximum Gasteiger partial charge on any atom is 0.405 e. The average Bonchev–Trinajstić information content (AvgIpc) is 2.73. The molecule has 0 aliphatic heterocycles. The normalized spacial score (nSPS) is 14.1. The summed E-state index contributed by atoms with van der Waals surface area (Å²) in [5.74, 6) is -4.43. The molecule has 2 aromatic carbocycles. The molecular weight excluding hydrogens is 587 g/mol. The molecular formula is C23H18BrCl2F6NO2. The van der Waals surface area contributed by atoms with E-state index in [1.54, 1.807) is 5.32 Å². The molecule has 0 saturated carbocycles. The highest BCUT2D eigenvalue weighted by Crippen LogP contribution is 2.38. The van der Waals surface area contributed by atoms with Gasteiger partial charge in [-0.2, -0.15) is 26.3 Å². The standard InChI is InChI=1S/C23H18BrCl2F6NO2/c1-12(21(35)33-11-22(27,28)29)8-20(34)15-5-2-13(9-17(15)24)3-6-16(23(30,31)32)14-4-7-18(25)19(26)10-14/h2-7,9-10,12,16H,8,11H2,1H3,(H,33,35)/b6-3+/t12-,16?/m0/s1. The second-order valence-corrected chi connectivity index (χ2v) is 9.32. The number of carbonyl (C=O) groups excluding carboxylic acids is 2. The van der Waals surface area contributed by atoms with Gasteiger partial charge in [0.15, 0.2) is 5.78 Å². The molecule has 0 radical (unpaired) electrons. The van der Waals surface area contributed by atoms with E-state index in [1.807, 2.05) is 0 Å². The van der Waals surface area contributed by atoms with Crippen LogP contribution in [0, 0.1) is 5.92 Å². The molecule has 2 aromatic rings. The number of amides is 1. The molecule has 35 heavy (non-hydrogen) atoms. The van der Waals surface area contributed by atoms with Crippen LogP contribution in [-0.2, 0) is 4.79 Å². The monoisotopic (exact) mass is 603 g/mol. The molecule has 190 valence electrons. The maximum absolute atomic E-state index is 13.6. The Balaban J connectivity index is 2.16. The molecule has 1 N–H and O–H groups in total. The first kappa shape index (κ1) is 29.2. The van der Waals surface area contributed by atoms with Crippen molar-refractivity contribution >= 4 is 56.9 Å². The van der Waals surface area contributed by atoms with Gasteiger partial charge in [-0.15, -0.1) is 0 Å². The van der Waals surface area contributed by atoms with E-state index < -0.39 is 42.4 Å². The lowest BCUT2D eigenvalue weighted by molar-refractivity contribution is -0.140. The topological polar surface area (TPSA) is 46.2 Å². The van der Waals surface area contributed by atoms with Crippen LogP contribution >= 0.6 is 39.1 Å². The van der Waals surface area contributed by atoms with Gasteiger partial charge in [-0.25, -0.2) is 0 Å². The summed E-state index contributed by atoms with van der Waals surface area (Å²) in [7, 11) is 0. The first-order chi connectivity index (χ1) is 16.1. The van der Waals surface area contributed by atoms with Crippen molar-refractivity contribution in [3.8, 4) is 0 Å². The Bertz CT molecular complexity index is 1120. The molecule has 0 spiro atoms. The van der Waals surface area contributed by atoms with Crippen molar-refractivity contribution < 1.29 is 35.9 Å². The number of ketones is 1. The van der Waals surface area contributed by atoms with Gasteiger partial charge in [0.05, 0.1) is 16.0 Å². The number of benzene rings is 2. The maximum atomic E-state index is 13.6. The molecule has 0 saturated heterocycles. The van der Waals surface area contributed by atoms with E-state index in [0.717, 1.165) is 12.1 Å². The van der Waals surface area contributed by atoms with Gasteiger partial charge in [-0.1, -0.05) is 70.3 Å². The number of hydrogen-bond donors (Lipinski definition) is 1. The summed E-state index contributed by atoms with van der Waals surface area (Å²) >= 11 is 14.8. The van der Waals surface area contributed by atoms with Crippen LogP contribution in [0.2, 0.25) is 10.0 Å². The summed E-state index contributed by atoms with van der Waals surface area (Å²) in [6, 6.07) is 7.81. The van der Waals surface area contributed by atoms with Crippen LogP contribution in [0.1, 0.15) is 40.7 Å². The van der Waals surface area contributed by atoms with Gasteiger partial charge >= 0.3 is 12.4 Å². The minimum Gasteiger partial charge on any atom is -0.347 e. The third kappa shape index (κ3) is 8.84. The van der Waals surface area contributed by atoms with Gasteiger partial charge in [0, 0.05) is 22.4 Å². The van der Waals surface area contributed by atoms with E-state index in [1.165, 1.54) is 43.3 Å². The zero-order valence-corrected chi connectivity index (χ0v) is 21.0. The molecule has 2 atom stereocenters. The zero-order chi connectivity index (χ0) is 26.6. The van der Waals surface area contributed by atoms with E-state index in [2.05, 4.69) is 15.9 Å². The van der Waals surface area contributed by atoms with Gasteiger partial charge in [0.2, 0.25) is 5.91 Å². The van der Waals surface area contributed by atoms with Crippen molar-refractivity contribution in [3.63, 3.8) is 0 Å². The van der Waals surface area contributed by atoms with Crippen molar-refractivity contribution in [1.82, 2.24) is 5.32 Å². The lowest BCUT2D eigenvalue weighted by Crippen LogP contribution is -2.37. The highest BCUT2D eigenvalue weighted by atomic mass is 79.9. The second-order valence-electron chi connectivity index (χ2n) is 7.65. The number of rotatable bonds is 8. The van der Waals surface area contributed by atoms with E-state index in [9.17, 15) is 35.9 Å². The predicted octanol–water partition coefficient (Wildman–Crippen LogP) is 8.00. The van der Waals surface area contributed by atoms with Crippen LogP contribution in [0.5, 0.6) is 0 Å². The summed E-state index contributed by atoms with van der Waals surface area (Å²) in [4.78, 5) is 24.3. The van der Waals surface area contributed by atoms with E-state index >= 15 is 0 Å². The molecule has 0 aliphatic rings. The van der Waals surface area contributed by atoms with Crippen LogP contribution in [0.3, 0.4) is 0 Å². The summed E-state index contributed by atoms with van der Waals surface area (Å²) in [5.41, 5.74) is 0.375. The minimum absolute atomic E-state index is 0.0151. The smallest absolute Gasteiger partial charge is 0.347 e. The zero-order valence-electron chi connectivity index (χ0n) is 17.9. The molecule has 12 heteroatoms. The largest absolute Gasteiger partial charge is 0.405 e. The third-order valence-electron chi connectivity index (χ3n) is 4.83. The van der Waals surface area contributed by atoms with Crippen LogP contribution in [0.15, 0.2) is 46.9 Å². The van der Waals surface area contributed by atoms with Crippen molar-refractivity contribution in [1.29, 1.82) is 0 Å². The van der Waals surface area contributed by atoms with E-state index in [-0.39, 0.29) is 32.1 Å². The number of alkyl halides is 6. The fraction of sp³-hybridized carbons (Fsp3) is 0.304. The molecule has 1 amide bonds. The minimum atomic E-state index is -4.61. The fourth-order valence-corrected chi connectivity index (χ4v) is 3.95. The van der Waals surface area contributed by atoms with Gasteiger partial charge in [-0.3, -0.25) is 9.59 Å². The molecule has 0 fully saturated rings. The Kier molecular flexibility index (Phi) is 9.84. The number of allylic oxidation sites excluding steroid dienone is 1. The Morgan fingerprint density at radius 2 is 1.69 bits per heavy atom. The molecule has 0 heterocycles. The Hall–Kier alpha value is -2.04. The van der Waals surface area contributed by atoms with Gasteiger partial charge in [0.1, 0.15) is 6.54 Å². The SMILES string of the molecule is C[C@@H](CC(=O)c1ccc(/C=C/C(c2ccc(Cl)c(Cl)c2)C(F)(F)F)cc1Br)C(=O)NCC(F)(F)F. The molecule has 2 rings (SSSR count). The summed E-state index contributed by atoms with van der Waals surface area (Å²) in [6.07, 6.45) is -7.37. The predicted molar refractivity (Wildman–Crippen MR) is 126 cm³/mol. The highest BCUT2D eigenvalue weighted by Gasteiger charge is 2.39. The quantitative estimate of drug-likeness (QED) is 0.245. The second kappa shape index (κ2) is 11.8. The number of nitrogens with one attached hydrogen (secondary N) is 1. The molecule has 0 aliphatic carbocycles. The van der Waals surface area contributed by atoms with E-state index in [4.69, 9.17) is 23.2 Å².